The smallest absolute Gasteiger partial charge is 0.159 e. The van der Waals surface area contributed by atoms with E-state index in [4.69, 9.17) is 0 Å². The normalized spacial score (nSPS) is 11.0. The molecule has 1 heterocycles. The second-order valence-corrected chi connectivity index (χ2v) is 4.76. The Labute approximate surface area is 116 Å². The van der Waals surface area contributed by atoms with Crippen molar-refractivity contribution < 1.29 is 0 Å². The number of benzene rings is 3. The molecular formula is C18H12N2. The zero-order valence-electron chi connectivity index (χ0n) is 10.8. The summed E-state index contributed by atoms with van der Waals surface area (Å²) >= 11 is 0. The van der Waals surface area contributed by atoms with E-state index in [-0.39, 0.29) is 0 Å². The van der Waals surface area contributed by atoms with Gasteiger partial charge in [0, 0.05) is 23.3 Å². The van der Waals surface area contributed by atoms with Crippen molar-refractivity contribution in [2.75, 3.05) is 0 Å². The standard InChI is InChI=1S/C18H12N2/c1-2-7-15-13(5-1)9-10-14-6-3-8-16(17(14)15)18-19-11-4-12-20-18/h1-12H. The zero-order valence-corrected chi connectivity index (χ0v) is 10.8. The summed E-state index contributed by atoms with van der Waals surface area (Å²) in [5, 5.41) is 4.92. The second kappa shape index (κ2) is 4.42. The highest BCUT2D eigenvalue weighted by atomic mass is 14.8. The van der Waals surface area contributed by atoms with Gasteiger partial charge in [-0.1, -0.05) is 54.6 Å². The van der Waals surface area contributed by atoms with Crippen LogP contribution in [-0.2, 0) is 0 Å². The average Bonchev–Trinajstić information content (AvgIpc) is 2.55. The molecule has 0 unspecified atom stereocenters. The van der Waals surface area contributed by atoms with Crippen molar-refractivity contribution in [3.8, 4) is 11.4 Å². The van der Waals surface area contributed by atoms with Gasteiger partial charge in [0.25, 0.3) is 0 Å². The van der Waals surface area contributed by atoms with Crippen molar-refractivity contribution >= 4 is 21.5 Å². The average molecular weight is 256 g/mol. The molecule has 0 N–H and O–H groups in total. The lowest BCUT2D eigenvalue weighted by molar-refractivity contribution is 1.18. The van der Waals surface area contributed by atoms with E-state index in [1.54, 1.807) is 12.4 Å². The lowest BCUT2D eigenvalue weighted by atomic mass is 9.97. The fourth-order valence-corrected chi connectivity index (χ4v) is 2.68. The zero-order chi connectivity index (χ0) is 13.4. The molecule has 0 aliphatic rings. The summed E-state index contributed by atoms with van der Waals surface area (Å²) in [5.41, 5.74) is 1.08. The molecule has 0 spiro atoms. The fourth-order valence-electron chi connectivity index (χ4n) is 2.68. The van der Waals surface area contributed by atoms with Gasteiger partial charge in [-0.15, -0.1) is 0 Å². The first-order chi connectivity index (χ1) is 9.93. The molecule has 3 aromatic carbocycles. The lowest BCUT2D eigenvalue weighted by Crippen LogP contribution is -1.89. The molecular weight excluding hydrogens is 244 g/mol. The van der Waals surface area contributed by atoms with Gasteiger partial charge in [0.2, 0.25) is 0 Å². The molecule has 2 nitrogen and oxygen atoms in total. The van der Waals surface area contributed by atoms with E-state index in [0.717, 1.165) is 11.4 Å². The van der Waals surface area contributed by atoms with Crippen LogP contribution in [0.25, 0.3) is 32.9 Å². The Hall–Kier alpha value is -2.74. The van der Waals surface area contributed by atoms with Gasteiger partial charge in [-0.25, -0.2) is 9.97 Å². The molecule has 20 heavy (non-hydrogen) atoms. The van der Waals surface area contributed by atoms with Gasteiger partial charge >= 0.3 is 0 Å². The number of aromatic nitrogens is 2. The van der Waals surface area contributed by atoms with Crippen LogP contribution in [0.4, 0.5) is 0 Å². The number of rotatable bonds is 1. The highest BCUT2D eigenvalue weighted by Gasteiger charge is 2.08. The summed E-state index contributed by atoms with van der Waals surface area (Å²) in [6.07, 6.45) is 3.57. The van der Waals surface area contributed by atoms with Gasteiger partial charge < -0.3 is 0 Å². The molecule has 0 fully saturated rings. The summed E-state index contributed by atoms with van der Waals surface area (Å²) in [7, 11) is 0. The van der Waals surface area contributed by atoms with E-state index in [1.807, 2.05) is 6.07 Å². The van der Waals surface area contributed by atoms with Crippen LogP contribution in [0.5, 0.6) is 0 Å². The van der Waals surface area contributed by atoms with Crippen LogP contribution in [0.15, 0.2) is 73.1 Å². The van der Waals surface area contributed by atoms with Gasteiger partial charge in [0.1, 0.15) is 0 Å². The highest BCUT2D eigenvalue weighted by molar-refractivity contribution is 6.13. The molecule has 4 aromatic rings. The van der Waals surface area contributed by atoms with E-state index < -0.39 is 0 Å². The van der Waals surface area contributed by atoms with E-state index in [1.165, 1.54) is 21.5 Å². The van der Waals surface area contributed by atoms with Crippen LogP contribution in [-0.4, -0.2) is 9.97 Å². The second-order valence-electron chi connectivity index (χ2n) is 4.76. The number of hydrogen-bond acceptors (Lipinski definition) is 2. The van der Waals surface area contributed by atoms with E-state index in [2.05, 4.69) is 64.6 Å². The number of fused-ring (bicyclic) bond motifs is 3. The minimum Gasteiger partial charge on any atom is -0.237 e. The van der Waals surface area contributed by atoms with Gasteiger partial charge in [-0.2, -0.15) is 0 Å². The third-order valence-electron chi connectivity index (χ3n) is 3.58. The summed E-state index contributed by atoms with van der Waals surface area (Å²) in [5.74, 6) is 0.773. The predicted octanol–water partition coefficient (Wildman–Crippen LogP) is 4.45. The van der Waals surface area contributed by atoms with Crippen molar-refractivity contribution in [1.29, 1.82) is 0 Å². The highest BCUT2D eigenvalue weighted by Crippen LogP contribution is 2.32. The maximum absolute atomic E-state index is 4.39. The van der Waals surface area contributed by atoms with E-state index >= 15 is 0 Å². The van der Waals surface area contributed by atoms with Gasteiger partial charge in [0.05, 0.1) is 0 Å². The van der Waals surface area contributed by atoms with E-state index in [0.29, 0.717) is 0 Å². The minimum absolute atomic E-state index is 0.773. The van der Waals surface area contributed by atoms with Gasteiger partial charge in [-0.05, 0) is 22.2 Å². The topological polar surface area (TPSA) is 25.8 Å². The lowest BCUT2D eigenvalue weighted by Gasteiger charge is -2.08. The Kier molecular flexibility index (Phi) is 2.46. The quantitative estimate of drug-likeness (QED) is 0.470. The van der Waals surface area contributed by atoms with E-state index in [9.17, 15) is 0 Å². The van der Waals surface area contributed by atoms with Crippen molar-refractivity contribution in [1.82, 2.24) is 9.97 Å². The Morgan fingerprint density at radius 2 is 1.35 bits per heavy atom. The van der Waals surface area contributed by atoms with Gasteiger partial charge in [0.15, 0.2) is 5.82 Å². The maximum atomic E-state index is 4.39. The predicted molar refractivity (Wildman–Crippen MR) is 82.5 cm³/mol. The summed E-state index contributed by atoms with van der Waals surface area (Å²) in [6.45, 7) is 0. The fraction of sp³-hybridized carbons (Fsp3) is 0. The minimum atomic E-state index is 0.773. The molecule has 0 atom stereocenters. The van der Waals surface area contributed by atoms with Crippen LogP contribution < -0.4 is 0 Å². The first-order valence-electron chi connectivity index (χ1n) is 6.61. The van der Waals surface area contributed by atoms with Crippen molar-refractivity contribution in [3.05, 3.63) is 73.1 Å². The van der Waals surface area contributed by atoms with Crippen LogP contribution in [0.2, 0.25) is 0 Å². The van der Waals surface area contributed by atoms with Crippen LogP contribution in [0.3, 0.4) is 0 Å². The SMILES string of the molecule is c1cnc(-c2cccc3ccc4ccccc4c23)nc1. The molecule has 0 radical (unpaired) electrons. The largest absolute Gasteiger partial charge is 0.237 e. The molecule has 0 saturated heterocycles. The third kappa shape index (κ3) is 1.66. The van der Waals surface area contributed by atoms with Gasteiger partial charge in [-0.3, -0.25) is 0 Å². The molecule has 4 rings (SSSR count). The molecule has 0 aliphatic carbocycles. The first kappa shape index (κ1) is 11.1. The molecule has 0 aliphatic heterocycles. The van der Waals surface area contributed by atoms with Crippen molar-refractivity contribution in [2.24, 2.45) is 0 Å². The Morgan fingerprint density at radius 3 is 2.25 bits per heavy atom. The van der Waals surface area contributed by atoms with Crippen molar-refractivity contribution in [2.45, 2.75) is 0 Å². The summed E-state index contributed by atoms with van der Waals surface area (Å²) in [6, 6.07) is 20.9. The molecule has 0 bridgehead atoms. The Morgan fingerprint density at radius 1 is 0.600 bits per heavy atom. The monoisotopic (exact) mass is 256 g/mol. The summed E-state index contributed by atoms with van der Waals surface area (Å²) < 4.78 is 0. The van der Waals surface area contributed by atoms with Crippen LogP contribution >= 0.6 is 0 Å². The molecule has 1 aromatic heterocycles. The Bertz CT molecular complexity index is 899. The van der Waals surface area contributed by atoms with Crippen LogP contribution in [0, 0.1) is 0 Å². The third-order valence-corrected chi connectivity index (χ3v) is 3.58. The molecule has 94 valence electrons. The Balaban J connectivity index is 2.19. The number of nitrogens with zero attached hydrogens (tertiary/aromatic N) is 2. The van der Waals surface area contributed by atoms with Crippen molar-refractivity contribution in [3.63, 3.8) is 0 Å². The summed E-state index contributed by atoms with van der Waals surface area (Å²) in [4.78, 5) is 8.79. The van der Waals surface area contributed by atoms with Crippen LogP contribution in [0.1, 0.15) is 0 Å². The molecule has 2 heteroatoms. The maximum Gasteiger partial charge on any atom is 0.159 e. The first-order valence-corrected chi connectivity index (χ1v) is 6.61. The molecule has 0 amide bonds. The molecule has 0 saturated carbocycles. The number of hydrogen-bond donors (Lipinski definition) is 0.